The minimum absolute atomic E-state index is 0.0230. The lowest BCUT2D eigenvalue weighted by atomic mass is 9.84. The van der Waals surface area contributed by atoms with E-state index < -0.39 is 11.4 Å². The van der Waals surface area contributed by atoms with Crippen LogP contribution in [0.1, 0.15) is 36.5 Å². The van der Waals surface area contributed by atoms with E-state index in [4.69, 9.17) is 0 Å². The summed E-state index contributed by atoms with van der Waals surface area (Å²) >= 11 is 0. The fourth-order valence-electron chi connectivity index (χ4n) is 2.90. The van der Waals surface area contributed by atoms with Gasteiger partial charge in [-0.2, -0.15) is 0 Å². The zero-order chi connectivity index (χ0) is 15.6. The predicted molar refractivity (Wildman–Crippen MR) is 81.2 cm³/mol. The monoisotopic (exact) mass is 289 g/mol. The van der Waals surface area contributed by atoms with Crippen LogP contribution in [0.4, 0.5) is 0 Å². The molecule has 114 valence electrons. The van der Waals surface area contributed by atoms with Gasteiger partial charge in [-0.3, -0.25) is 9.59 Å². The Morgan fingerprint density at radius 3 is 2.52 bits per heavy atom. The van der Waals surface area contributed by atoms with Crippen molar-refractivity contribution in [3.8, 4) is 0 Å². The van der Waals surface area contributed by atoms with Gasteiger partial charge in [-0.05, 0) is 43.4 Å². The molecule has 1 unspecified atom stereocenters. The Kier molecular flexibility index (Phi) is 4.35. The topological polar surface area (TPSA) is 57.6 Å². The molecule has 0 aromatic heterocycles. The molecule has 1 fully saturated rings. The van der Waals surface area contributed by atoms with Crippen LogP contribution < -0.4 is 0 Å². The van der Waals surface area contributed by atoms with Crippen molar-refractivity contribution >= 4 is 11.9 Å². The summed E-state index contributed by atoms with van der Waals surface area (Å²) < 4.78 is 0. The molecule has 1 atom stereocenters. The number of hydrogen-bond donors (Lipinski definition) is 1. The molecule has 21 heavy (non-hydrogen) atoms. The van der Waals surface area contributed by atoms with Crippen molar-refractivity contribution in [2.45, 2.75) is 40.0 Å². The van der Waals surface area contributed by atoms with Crippen molar-refractivity contribution in [1.82, 2.24) is 4.90 Å². The highest BCUT2D eigenvalue weighted by Crippen LogP contribution is 2.34. The molecule has 0 bridgehead atoms. The molecule has 1 aromatic carbocycles. The quantitative estimate of drug-likeness (QED) is 0.926. The predicted octanol–water partition coefficient (Wildman–Crippen LogP) is 2.56. The first-order chi connectivity index (χ1) is 9.88. The molecule has 2 rings (SSSR count). The van der Waals surface area contributed by atoms with Gasteiger partial charge in [0.15, 0.2) is 0 Å². The Balaban J connectivity index is 2.05. The molecule has 1 aliphatic rings. The number of amides is 1. The Labute approximate surface area is 125 Å². The van der Waals surface area contributed by atoms with Gasteiger partial charge in [-0.1, -0.05) is 25.1 Å². The number of aryl methyl sites for hydroxylation is 2. The molecule has 0 radical (unpaired) electrons. The molecule has 1 heterocycles. The molecule has 1 aromatic rings. The molecule has 1 aliphatic heterocycles. The number of benzene rings is 1. The number of nitrogens with zero attached hydrogens (tertiary/aromatic N) is 1. The van der Waals surface area contributed by atoms with E-state index in [0.29, 0.717) is 32.4 Å². The number of carboxylic acid groups (broad SMARTS) is 1. The Morgan fingerprint density at radius 2 is 2.00 bits per heavy atom. The van der Waals surface area contributed by atoms with Gasteiger partial charge in [0, 0.05) is 13.1 Å². The highest BCUT2D eigenvalue weighted by Gasteiger charge is 2.44. The number of carboxylic acids is 1. The molecule has 0 spiro atoms. The largest absolute Gasteiger partial charge is 0.481 e. The van der Waals surface area contributed by atoms with Gasteiger partial charge in [0.2, 0.25) is 5.91 Å². The van der Waals surface area contributed by atoms with Crippen LogP contribution in [0, 0.1) is 19.3 Å². The lowest BCUT2D eigenvalue weighted by Crippen LogP contribution is -2.37. The van der Waals surface area contributed by atoms with E-state index in [2.05, 4.69) is 0 Å². The third kappa shape index (κ3) is 3.09. The van der Waals surface area contributed by atoms with Crippen molar-refractivity contribution in [3.05, 3.63) is 34.9 Å². The van der Waals surface area contributed by atoms with Gasteiger partial charge >= 0.3 is 5.97 Å². The van der Waals surface area contributed by atoms with Gasteiger partial charge in [-0.15, -0.1) is 0 Å². The average Bonchev–Trinajstić information content (AvgIpc) is 2.89. The highest BCUT2D eigenvalue weighted by atomic mass is 16.4. The number of rotatable bonds is 4. The molecule has 1 amide bonds. The van der Waals surface area contributed by atoms with Crippen molar-refractivity contribution in [2.75, 3.05) is 13.1 Å². The Hall–Kier alpha value is -1.84. The van der Waals surface area contributed by atoms with Gasteiger partial charge in [0.05, 0.1) is 11.8 Å². The summed E-state index contributed by atoms with van der Waals surface area (Å²) in [5.74, 6) is -0.763. The normalized spacial score (nSPS) is 21.6. The van der Waals surface area contributed by atoms with Gasteiger partial charge in [-0.25, -0.2) is 0 Å². The van der Waals surface area contributed by atoms with Crippen LogP contribution in [0.5, 0.6) is 0 Å². The van der Waals surface area contributed by atoms with Crippen LogP contribution in [0.15, 0.2) is 18.2 Å². The Morgan fingerprint density at radius 1 is 1.29 bits per heavy atom. The number of likely N-dealkylation sites (tertiary alicyclic amines) is 1. The second kappa shape index (κ2) is 5.88. The highest BCUT2D eigenvalue weighted by molar-refractivity contribution is 5.82. The fourth-order valence-corrected chi connectivity index (χ4v) is 2.90. The van der Waals surface area contributed by atoms with Gasteiger partial charge in [0.25, 0.3) is 0 Å². The van der Waals surface area contributed by atoms with Crippen LogP contribution >= 0.6 is 0 Å². The van der Waals surface area contributed by atoms with E-state index in [1.807, 2.05) is 39.0 Å². The second-order valence-electron chi connectivity index (χ2n) is 6.10. The van der Waals surface area contributed by atoms with Crippen LogP contribution in [0.3, 0.4) is 0 Å². The zero-order valence-corrected chi connectivity index (χ0v) is 13.0. The first-order valence-electron chi connectivity index (χ1n) is 7.45. The third-order valence-electron chi connectivity index (χ3n) is 4.76. The van der Waals surface area contributed by atoms with E-state index in [9.17, 15) is 14.7 Å². The van der Waals surface area contributed by atoms with Crippen LogP contribution in [0.25, 0.3) is 0 Å². The summed E-state index contributed by atoms with van der Waals surface area (Å²) in [6.45, 7) is 6.84. The van der Waals surface area contributed by atoms with Crippen LogP contribution in [-0.2, 0) is 16.0 Å². The first kappa shape index (κ1) is 15.5. The minimum atomic E-state index is -0.786. The molecule has 4 heteroatoms. The molecular formula is C17H23NO3. The summed E-state index contributed by atoms with van der Waals surface area (Å²) in [7, 11) is 0. The number of aliphatic carboxylic acids is 1. The molecule has 4 nitrogen and oxygen atoms in total. The van der Waals surface area contributed by atoms with E-state index >= 15 is 0 Å². The summed E-state index contributed by atoms with van der Waals surface area (Å²) in [6.07, 6.45) is 1.47. The number of carbonyl (C=O) groups excluding carboxylic acids is 1. The maximum atomic E-state index is 12.4. The van der Waals surface area contributed by atoms with E-state index in [-0.39, 0.29) is 5.91 Å². The summed E-state index contributed by atoms with van der Waals surface area (Å²) in [5, 5.41) is 9.38. The number of carbonyl (C=O) groups is 2. The molecular weight excluding hydrogens is 266 g/mol. The molecule has 0 saturated carbocycles. The van der Waals surface area contributed by atoms with E-state index in [0.717, 1.165) is 5.56 Å². The summed E-state index contributed by atoms with van der Waals surface area (Å²) in [6, 6.07) is 6.03. The van der Waals surface area contributed by atoms with Gasteiger partial charge < -0.3 is 10.0 Å². The fraction of sp³-hybridized carbons (Fsp3) is 0.529. The van der Waals surface area contributed by atoms with Crippen LogP contribution in [0.2, 0.25) is 0 Å². The maximum absolute atomic E-state index is 12.4. The molecule has 0 aliphatic carbocycles. The van der Waals surface area contributed by atoms with E-state index in [1.165, 1.54) is 11.1 Å². The lowest BCUT2D eigenvalue weighted by Gasteiger charge is -2.23. The smallest absolute Gasteiger partial charge is 0.311 e. The van der Waals surface area contributed by atoms with E-state index in [1.54, 1.807) is 4.90 Å². The minimum Gasteiger partial charge on any atom is -0.481 e. The SMILES string of the molecule is CCC1(C(=O)O)CCN(C(=O)Cc2ccc(C)c(C)c2)C1. The maximum Gasteiger partial charge on any atom is 0.311 e. The van der Waals surface area contributed by atoms with Crippen molar-refractivity contribution in [1.29, 1.82) is 0 Å². The Bertz CT molecular complexity index is 567. The standard InChI is InChI=1S/C17H23NO3/c1-4-17(16(20)21)7-8-18(11-17)15(19)10-14-6-5-12(2)13(3)9-14/h5-6,9H,4,7-8,10-11H2,1-3H3,(H,20,21). The van der Waals surface area contributed by atoms with Gasteiger partial charge in [0.1, 0.15) is 0 Å². The average molecular weight is 289 g/mol. The number of hydrogen-bond acceptors (Lipinski definition) is 2. The van der Waals surface area contributed by atoms with Crippen molar-refractivity contribution in [3.63, 3.8) is 0 Å². The zero-order valence-electron chi connectivity index (χ0n) is 13.0. The summed E-state index contributed by atoms with van der Waals surface area (Å²) in [4.78, 5) is 25.5. The first-order valence-corrected chi connectivity index (χ1v) is 7.45. The second-order valence-corrected chi connectivity index (χ2v) is 6.10. The van der Waals surface area contributed by atoms with Crippen LogP contribution in [-0.4, -0.2) is 35.0 Å². The van der Waals surface area contributed by atoms with Crippen molar-refractivity contribution in [2.24, 2.45) is 5.41 Å². The third-order valence-corrected chi connectivity index (χ3v) is 4.76. The molecule has 1 N–H and O–H groups in total. The lowest BCUT2D eigenvalue weighted by molar-refractivity contribution is -0.148. The summed E-state index contributed by atoms with van der Waals surface area (Å²) in [5.41, 5.74) is 2.63. The molecule has 1 saturated heterocycles. The van der Waals surface area contributed by atoms with Crippen molar-refractivity contribution < 1.29 is 14.7 Å².